The first-order valence-electron chi connectivity index (χ1n) is 10.8. The Kier molecular flexibility index (Phi) is 5.93. The van der Waals surface area contributed by atoms with Gasteiger partial charge in [-0.25, -0.2) is 4.79 Å². The Morgan fingerprint density at radius 2 is 1.93 bits per heavy atom. The maximum Gasteiger partial charge on any atom is 0.329 e. The lowest BCUT2D eigenvalue weighted by Crippen LogP contribution is -2.49. The Bertz CT molecular complexity index is 655. The normalized spacial score (nSPS) is 30.3. The van der Waals surface area contributed by atoms with Crippen LogP contribution in [0.4, 0.5) is 0 Å². The van der Waals surface area contributed by atoms with E-state index in [2.05, 4.69) is 24.3 Å². The van der Waals surface area contributed by atoms with E-state index in [0.29, 0.717) is 12.7 Å². The fourth-order valence-corrected chi connectivity index (χ4v) is 5.13. The van der Waals surface area contributed by atoms with Crippen LogP contribution < -0.4 is 4.74 Å². The van der Waals surface area contributed by atoms with Gasteiger partial charge in [-0.1, -0.05) is 18.6 Å². The molecule has 2 saturated heterocycles. The van der Waals surface area contributed by atoms with E-state index < -0.39 is 5.97 Å². The quantitative estimate of drug-likeness (QED) is 0.655. The van der Waals surface area contributed by atoms with Gasteiger partial charge in [-0.15, -0.1) is 0 Å². The van der Waals surface area contributed by atoms with Gasteiger partial charge in [0.1, 0.15) is 12.4 Å². The van der Waals surface area contributed by atoms with Crippen molar-refractivity contribution in [1.82, 2.24) is 0 Å². The van der Waals surface area contributed by atoms with Gasteiger partial charge in [0, 0.05) is 6.61 Å². The van der Waals surface area contributed by atoms with Crippen LogP contribution >= 0.6 is 0 Å². The standard InChI is InChI=1S/C23H32O5/c24-21(25)16-26-14-13-22-9-11-23(12-10-22,27-17-22)18-5-4-8-20(15-18)28-19-6-2-1-3-7-19/h4-5,8,15,19H,1-3,6-7,9-14,16-17H2,(H,24,25). The number of fused-ring (bicyclic) bond motifs is 3. The summed E-state index contributed by atoms with van der Waals surface area (Å²) in [5.74, 6) is 0.0715. The molecule has 0 spiro atoms. The van der Waals surface area contributed by atoms with Crippen molar-refractivity contribution in [3.63, 3.8) is 0 Å². The zero-order valence-corrected chi connectivity index (χ0v) is 16.7. The fraction of sp³-hybridized carbons (Fsp3) is 0.696. The summed E-state index contributed by atoms with van der Waals surface area (Å²) in [5.41, 5.74) is 1.21. The van der Waals surface area contributed by atoms with Crippen LogP contribution in [0.2, 0.25) is 0 Å². The molecule has 1 aromatic carbocycles. The van der Waals surface area contributed by atoms with Gasteiger partial charge in [-0.05, 0) is 80.9 Å². The maximum atomic E-state index is 10.6. The van der Waals surface area contributed by atoms with Crippen LogP contribution in [0.25, 0.3) is 0 Å². The van der Waals surface area contributed by atoms with E-state index in [1.807, 2.05) is 0 Å². The minimum absolute atomic E-state index is 0.149. The van der Waals surface area contributed by atoms with Gasteiger partial charge in [0.2, 0.25) is 0 Å². The van der Waals surface area contributed by atoms with Crippen molar-refractivity contribution >= 4 is 5.97 Å². The molecule has 0 aromatic heterocycles. The molecule has 0 unspecified atom stereocenters. The lowest BCUT2D eigenvalue weighted by Gasteiger charge is -2.53. The average Bonchev–Trinajstić information content (AvgIpc) is 2.74. The molecule has 4 aliphatic rings. The molecule has 2 aliphatic carbocycles. The van der Waals surface area contributed by atoms with Crippen molar-refractivity contribution in [2.45, 2.75) is 75.9 Å². The third kappa shape index (κ3) is 4.36. The highest BCUT2D eigenvalue weighted by molar-refractivity contribution is 5.67. The molecule has 2 bridgehead atoms. The predicted octanol–water partition coefficient (Wildman–Crippen LogP) is 4.68. The number of ether oxygens (including phenoxy) is 3. The first kappa shape index (κ1) is 19.7. The molecular weight excluding hydrogens is 356 g/mol. The average molecular weight is 389 g/mol. The second kappa shape index (κ2) is 8.42. The van der Waals surface area contributed by atoms with Gasteiger partial charge >= 0.3 is 5.97 Å². The Labute approximate surface area is 167 Å². The summed E-state index contributed by atoms with van der Waals surface area (Å²) in [6.07, 6.45) is 11.7. The molecule has 2 heterocycles. The number of hydrogen-bond acceptors (Lipinski definition) is 4. The van der Waals surface area contributed by atoms with E-state index >= 15 is 0 Å². The van der Waals surface area contributed by atoms with Gasteiger partial charge in [-0.3, -0.25) is 0 Å². The second-order valence-electron chi connectivity index (χ2n) is 8.88. The molecule has 154 valence electrons. The van der Waals surface area contributed by atoms with Crippen LogP contribution in [0.15, 0.2) is 24.3 Å². The van der Waals surface area contributed by atoms with Crippen LogP contribution in [0.5, 0.6) is 5.75 Å². The third-order valence-electron chi connectivity index (χ3n) is 6.99. The van der Waals surface area contributed by atoms with E-state index in [1.54, 1.807) is 0 Å². The van der Waals surface area contributed by atoms with Crippen molar-refractivity contribution in [2.75, 3.05) is 19.8 Å². The van der Waals surface area contributed by atoms with Crippen LogP contribution in [0.3, 0.4) is 0 Å². The lowest BCUT2D eigenvalue weighted by molar-refractivity contribution is -0.194. The molecule has 1 N–H and O–H groups in total. The van der Waals surface area contributed by atoms with Crippen LogP contribution in [0, 0.1) is 5.41 Å². The molecule has 0 atom stereocenters. The van der Waals surface area contributed by atoms with Crippen molar-refractivity contribution in [3.8, 4) is 5.75 Å². The predicted molar refractivity (Wildman–Crippen MR) is 106 cm³/mol. The largest absolute Gasteiger partial charge is 0.490 e. The SMILES string of the molecule is O=C(O)COCCC12CCC(c3cccc(OC4CCCCC4)c3)(CC1)OC2. The Balaban J connectivity index is 1.36. The number of benzene rings is 1. The smallest absolute Gasteiger partial charge is 0.329 e. The van der Waals surface area contributed by atoms with Crippen molar-refractivity contribution in [3.05, 3.63) is 29.8 Å². The second-order valence-corrected chi connectivity index (χ2v) is 8.88. The molecule has 5 heteroatoms. The third-order valence-corrected chi connectivity index (χ3v) is 6.99. The molecule has 1 aromatic rings. The summed E-state index contributed by atoms with van der Waals surface area (Å²) in [6.45, 7) is 1.01. The summed E-state index contributed by atoms with van der Waals surface area (Å²) in [4.78, 5) is 10.6. The molecule has 2 saturated carbocycles. The lowest BCUT2D eigenvalue weighted by atomic mass is 9.63. The molecule has 2 aliphatic heterocycles. The summed E-state index contributed by atoms with van der Waals surface area (Å²) in [5, 5.41) is 8.71. The van der Waals surface area contributed by atoms with Gasteiger partial charge in [0.05, 0.1) is 18.3 Å². The van der Waals surface area contributed by atoms with Crippen molar-refractivity contribution in [2.24, 2.45) is 5.41 Å². The Morgan fingerprint density at radius 3 is 2.61 bits per heavy atom. The Morgan fingerprint density at radius 1 is 1.14 bits per heavy atom. The molecule has 5 nitrogen and oxygen atoms in total. The number of aliphatic carboxylic acids is 1. The molecule has 5 rings (SSSR count). The van der Waals surface area contributed by atoms with Gasteiger partial charge in [0.15, 0.2) is 0 Å². The fourth-order valence-electron chi connectivity index (χ4n) is 5.13. The Hall–Kier alpha value is -1.59. The molecule has 28 heavy (non-hydrogen) atoms. The minimum atomic E-state index is -0.907. The number of carbonyl (C=O) groups is 1. The highest BCUT2D eigenvalue weighted by Crippen LogP contribution is 2.55. The zero-order valence-electron chi connectivity index (χ0n) is 16.7. The summed E-state index contributed by atoms with van der Waals surface area (Å²) in [7, 11) is 0. The minimum Gasteiger partial charge on any atom is -0.490 e. The van der Waals surface area contributed by atoms with Crippen molar-refractivity contribution in [1.29, 1.82) is 0 Å². The summed E-state index contributed by atoms with van der Waals surface area (Å²) < 4.78 is 18.0. The van der Waals surface area contributed by atoms with E-state index in [1.165, 1.54) is 37.7 Å². The first-order chi connectivity index (χ1) is 13.6. The molecule has 0 radical (unpaired) electrons. The number of rotatable bonds is 8. The molecule has 4 fully saturated rings. The van der Waals surface area contributed by atoms with E-state index in [4.69, 9.17) is 19.3 Å². The monoisotopic (exact) mass is 388 g/mol. The zero-order chi connectivity index (χ0) is 19.5. The van der Waals surface area contributed by atoms with Gasteiger partial charge < -0.3 is 19.3 Å². The van der Waals surface area contributed by atoms with E-state index in [0.717, 1.165) is 44.5 Å². The number of hydrogen-bond donors (Lipinski definition) is 1. The molecular formula is C23H32O5. The van der Waals surface area contributed by atoms with E-state index in [-0.39, 0.29) is 17.6 Å². The van der Waals surface area contributed by atoms with Gasteiger partial charge in [0.25, 0.3) is 0 Å². The summed E-state index contributed by atoms with van der Waals surface area (Å²) >= 11 is 0. The highest BCUT2D eigenvalue weighted by Gasteiger charge is 2.50. The number of carboxylic acid groups (broad SMARTS) is 1. The number of carboxylic acids is 1. The van der Waals surface area contributed by atoms with E-state index in [9.17, 15) is 4.79 Å². The maximum absolute atomic E-state index is 10.6. The van der Waals surface area contributed by atoms with Crippen molar-refractivity contribution < 1.29 is 24.1 Å². The van der Waals surface area contributed by atoms with Gasteiger partial charge in [-0.2, -0.15) is 0 Å². The summed E-state index contributed by atoms with van der Waals surface area (Å²) in [6, 6.07) is 8.55. The highest BCUT2D eigenvalue weighted by atomic mass is 16.5. The van der Waals surface area contributed by atoms with Crippen LogP contribution in [-0.2, 0) is 19.9 Å². The van der Waals surface area contributed by atoms with Crippen LogP contribution in [-0.4, -0.2) is 37.0 Å². The van der Waals surface area contributed by atoms with Crippen LogP contribution in [0.1, 0.15) is 69.8 Å². The molecule has 0 amide bonds. The first-order valence-corrected chi connectivity index (χ1v) is 10.8. The topological polar surface area (TPSA) is 65.0 Å².